The molecule has 13 heteroatoms. The summed E-state index contributed by atoms with van der Waals surface area (Å²) in [7, 11) is 0. The van der Waals surface area contributed by atoms with Crippen LogP contribution < -0.4 is 10.2 Å². The number of piperazine rings is 1. The van der Waals surface area contributed by atoms with Gasteiger partial charge in [-0.3, -0.25) is 19.8 Å². The maximum atomic E-state index is 13.2. The van der Waals surface area contributed by atoms with Crippen LogP contribution in [0.1, 0.15) is 25.8 Å². The molecule has 1 atom stereocenters. The molecule has 0 spiro atoms. The fourth-order valence-electron chi connectivity index (χ4n) is 4.52. The first-order valence-corrected chi connectivity index (χ1v) is 12.0. The molecule has 1 amide bonds. The Kier molecular flexibility index (Phi) is 9.19. The number of carbonyl (C=O) groups excluding carboxylic acids is 1. The lowest BCUT2D eigenvalue weighted by Gasteiger charge is -2.35. The number of benzene rings is 1. The van der Waals surface area contributed by atoms with Gasteiger partial charge in [0.2, 0.25) is 5.91 Å². The zero-order valence-corrected chi connectivity index (χ0v) is 20.1. The number of hydrogen-bond donors (Lipinski definition) is 1. The Balaban J connectivity index is 0.00000380. The molecule has 0 aliphatic carbocycles. The number of nitrogens with zero attached hydrogens (tertiary/aromatic N) is 5. The van der Waals surface area contributed by atoms with Crippen molar-refractivity contribution >= 4 is 34.7 Å². The van der Waals surface area contributed by atoms with Gasteiger partial charge in [-0.2, -0.15) is 13.2 Å². The lowest BCUT2D eigenvalue weighted by atomic mass is 10.1. The number of alkyl halides is 3. The van der Waals surface area contributed by atoms with Gasteiger partial charge >= 0.3 is 6.18 Å². The minimum Gasteiger partial charge on any atom is -0.380 e. The number of nitro groups is 1. The first-order chi connectivity index (χ1) is 17.1. The fraction of sp³-hybridized carbons (Fsp3) is 0.500. The lowest BCUT2D eigenvalue weighted by molar-refractivity contribution is -0.388. The van der Waals surface area contributed by atoms with Crippen molar-refractivity contribution in [2.24, 2.45) is 0 Å². The molecular weight excluding hydrogens is 513 g/mol. The van der Waals surface area contributed by atoms with Gasteiger partial charge in [0, 0.05) is 76.2 Å². The second kappa shape index (κ2) is 12.0. The smallest absolute Gasteiger partial charge is 0.380 e. The van der Waals surface area contributed by atoms with Gasteiger partial charge in [0.25, 0.3) is 5.69 Å². The van der Waals surface area contributed by atoms with E-state index in [0.29, 0.717) is 37.5 Å². The largest absolute Gasteiger partial charge is 0.423 e. The van der Waals surface area contributed by atoms with Gasteiger partial charge in [-0.1, -0.05) is 19.0 Å². The summed E-state index contributed by atoms with van der Waals surface area (Å²) in [6, 6.07) is 6.33. The van der Waals surface area contributed by atoms with Crippen LogP contribution in [0, 0.1) is 10.1 Å². The molecule has 2 fully saturated rings. The highest BCUT2D eigenvalue weighted by molar-refractivity contribution is 6.30. The molecule has 202 valence electrons. The van der Waals surface area contributed by atoms with E-state index in [2.05, 4.69) is 20.1 Å². The fourth-order valence-corrected chi connectivity index (χ4v) is 4.63. The summed E-state index contributed by atoms with van der Waals surface area (Å²) < 4.78 is 39.7. The molecule has 2 aromatic rings. The number of likely N-dealkylation sites (tertiary alicyclic amines) is 1. The van der Waals surface area contributed by atoms with Crippen molar-refractivity contribution in [3.05, 3.63) is 57.2 Å². The van der Waals surface area contributed by atoms with E-state index >= 15 is 0 Å². The van der Waals surface area contributed by atoms with Crippen molar-refractivity contribution in [3.63, 3.8) is 0 Å². The number of pyridine rings is 1. The van der Waals surface area contributed by atoms with Crippen LogP contribution in [0.5, 0.6) is 0 Å². The molecule has 0 bridgehead atoms. The number of aromatic nitrogens is 1. The lowest BCUT2D eigenvalue weighted by Crippen LogP contribution is -2.47. The van der Waals surface area contributed by atoms with Crippen LogP contribution >= 0.6 is 11.6 Å². The van der Waals surface area contributed by atoms with E-state index in [4.69, 9.17) is 11.6 Å². The van der Waals surface area contributed by atoms with Gasteiger partial charge in [-0.15, -0.1) is 0 Å². The molecule has 0 radical (unpaired) electrons. The Labute approximate surface area is 218 Å². The van der Waals surface area contributed by atoms with Crippen LogP contribution in [0.2, 0.25) is 5.02 Å². The Bertz CT molecular complexity index is 1090. The van der Waals surface area contributed by atoms with Gasteiger partial charge in [0.05, 0.1) is 9.95 Å². The van der Waals surface area contributed by atoms with Crippen LogP contribution in [-0.4, -0.2) is 77.5 Å². The molecule has 4 rings (SSSR count). The molecule has 0 saturated carbocycles. The molecule has 1 aromatic heterocycles. The van der Waals surface area contributed by atoms with E-state index in [0.717, 1.165) is 44.1 Å². The van der Waals surface area contributed by atoms with Crippen molar-refractivity contribution < 1.29 is 22.9 Å². The van der Waals surface area contributed by atoms with Crippen molar-refractivity contribution in [3.8, 4) is 0 Å². The van der Waals surface area contributed by atoms with E-state index < -0.39 is 22.4 Å². The van der Waals surface area contributed by atoms with Gasteiger partial charge in [-0.25, -0.2) is 4.98 Å². The SMILES string of the molecule is C.O=C(CCN1CCN(c2ccc(Cl)cn2)CC1)N1CC[C@H](Nc2ccc([N+](=O)[O-])c(C(F)(F)F)c2)C1. The van der Waals surface area contributed by atoms with Gasteiger partial charge in [0.1, 0.15) is 11.4 Å². The Morgan fingerprint density at radius 2 is 1.89 bits per heavy atom. The molecule has 37 heavy (non-hydrogen) atoms. The molecule has 2 aliphatic rings. The van der Waals surface area contributed by atoms with Crippen LogP contribution in [0.3, 0.4) is 0 Å². The van der Waals surface area contributed by atoms with Crippen molar-refractivity contribution in [2.45, 2.75) is 32.5 Å². The zero-order valence-electron chi connectivity index (χ0n) is 19.4. The Morgan fingerprint density at radius 3 is 2.51 bits per heavy atom. The molecule has 1 aromatic carbocycles. The van der Waals surface area contributed by atoms with E-state index in [-0.39, 0.29) is 25.1 Å². The number of nitrogens with one attached hydrogen (secondary N) is 1. The third kappa shape index (κ3) is 7.22. The predicted octanol–water partition coefficient (Wildman–Crippen LogP) is 4.52. The number of carbonyl (C=O) groups is 1. The summed E-state index contributed by atoms with van der Waals surface area (Å²) in [6.07, 6.45) is -2.27. The van der Waals surface area contributed by atoms with Crippen LogP contribution in [0.15, 0.2) is 36.5 Å². The van der Waals surface area contributed by atoms with Gasteiger partial charge < -0.3 is 15.1 Å². The molecule has 2 aliphatic heterocycles. The number of halogens is 4. The second-order valence-electron chi connectivity index (χ2n) is 8.87. The average Bonchev–Trinajstić information content (AvgIpc) is 3.31. The van der Waals surface area contributed by atoms with Gasteiger partial charge in [-0.05, 0) is 30.7 Å². The Morgan fingerprint density at radius 1 is 1.16 bits per heavy atom. The van der Waals surface area contributed by atoms with E-state index in [1.54, 1.807) is 11.1 Å². The van der Waals surface area contributed by atoms with E-state index in [9.17, 15) is 28.1 Å². The molecule has 3 heterocycles. The standard InChI is InChI=1S/C23H26ClF3N6O3.CH4/c24-16-1-4-21(28-14-16)31-11-9-30(10-12-31)7-6-22(34)32-8-5-18(15-32)29-17-2-3-20(33(35)36)19(13-17)23(25,26)27;/h1-4,13-14,18,29H,5-12,15H2;1H4/t18-;/m0./s1. The van der Waals surface area contributed by atoms with Crippen molar-refractivity contribution in [1.29, 1.82) is 0 Å². The topological polar surface area (TPSA) is 94.9 Å². The summed E-state index contributed by atoms with van der Waals surface area (Å²) in [5.74, 6) is 0.877. The zero-order chi connectivity index (χ0) is 25.9. The molecule has 1 N–H and O–H groups in total. The van der Waals surface area contributed by atoms with Crippen molar-refractivity contribution in [1.82, 2.24) is 14.8 Å². The summed E-state index contributed by atoms with van der Waals surface area (Å²) in [4.78, 5) is 33.1. The number of rotatable bonds is 7. The van der Waals surface area contributed by atoms with Crippen molar-refractivity contribution in [2.75, 3.05) is 56.0 Å². The number of hydrogen-bond acceptors (Lipinski definition) is 7. The summed E-state index contributed by atoms with van der Waals surface area (Å²) in [5.41, 5.74) is -2.14. The van der Waals surface area contributed by atoms with Crippen LogP contribution in [0.4, 0.5) is 30.4 Å². The molecule has 2 saturated heterocycles. The number of anilines is 2. The number of amides is 1. The highest BCUT2D eigenvalue weighted by Gasteiger charge is 2.38. The molecule has 9 nitrogen and oxygen atoms in total. The second-order valence-corrected chi connectivity index (χ2v) is 9.31. The Hall–Kier alpha value is -3.12. The molecule has 0 unspecified atom stereocenters. The summed E-state index contributed by atoms with van der Waals surface area (Å²) in [6.45, 7) is 4.72. The minimum atomic E-state index is -4.84. The third-order valence-corrected chi connectivity index (χ3v) is 6.68. The van der Waals surface area contributed by atoms with E-state index in [1.165, 1.54) is 6.07 Å². The maximum absolute atomic E-state index is 13.2. The highest BCUT2D eigenvalue weighted by Crippen LogP contribution is 2.37. The normalized spacial score (nSPS) is 18.4. The highest BCUT2D eigenvalue weighted by atomic mass is 35.5. The summed E-state index contributed by atoms with van der Waals surface area (Å²) in [5, 5.41) is 14.5. The number of nitro benzene ring substituents is 1. The molecular formula is C24H30ClF3N6O3. The summed E-state index contributed by atoms with van der Waals surface area (Å²) >= 11 is 5.89. The van der Waals surface area contributed by atoms with Crippen LogP contribution in [0.25, 0.3) is 0 Å². The van der Waals surface area contributed by atoms with Gasteiger partial charge in [0.15, 0.2) is 0 Å². The monoisotopic (exact) mass is 542 g/mol. The first-order valence-electron chi connectivity index (χ1n) is 11.6. The average molecular weight is 543 g/mol. The van der Waals surface area contributed by atoms with E-state index in [1.807, 2.05) is 12.1 Å². The quantitative estimate of drug-likeness (QED) is 0.406. The third-order valence-electron chi connectivity index (χ3n) is 6.46. The van der Waals surface area contributed by atoms with Crippen LogP contribution in [-0.2, 0) is 11.0 Å². The first kappa shape index (κ1) is 28.5. The minimum absolute atomic E-state index is 0. The maximum Gasteiger partial charge on any atom is 0.423 e. The predicted molar refractivity (Wildman–Crippen MR) is 136 cm³/mol.